The van der Waals surface area contributed by atoms with E-state index in [0.29, 0.717) is 17.4 Å². The van der Waals surface area contributed by atoms with Crippen molar-refractivity contribution in [1.29, 1.82) is 0 Å². The minimum absolute atomic E-state index is 0.478. The van der Waals surface area contributed by atoms with E-state index in [0.717, 1.165) is 34.5 Å². The van der Waals surface area contributed by atoms with Crippen LogP contribution in [0.1, 0.15) is 19.5 Å². The molecule has 0 aliphatic carbocycles. The smallest absolute Gasteiger partial charge is 0.233 e. The molecule has 4 rings (SSSR count). The fourth-order valence-corrected chi connectivity index (χ4v) is 3.80. The third-order valence-corrected chi connectivity index (χ3v) is 5.25. The molecular formula is C20H22N6OS. The molecule has 4 aromatic rings. The van der Waals surface area contributed by atoms with Gasteiger partial charge < -0.3 is 9.30 Å². The fourth-order valence-electron chi connectivity index (χ4n) is 2.97. The summed E-state index contributed by atoms with van der Waals surface area (Å²) in [6.07, 6.45) is 5.70. The Labute approximate surface area is 167 Å². The van der Waals surface area contributed by atoms with Crippen LogP contribution < -0.4 is 4.74 Å². The molecule has 0 fully saturated rings. The van der Waals surface area contributed by atoms with E-state index < -0.39 is 0 Å². The highest BCUT2D eigenvalue weighted by Crippen LogP contribution is 2.28. The van der Waals surface area contributed by atoms with Gasteiger partial charge in [-0.25, -0.2) is 9.97 Å². The Morgan fingerprint density at radius 1 is 1.14 bits per heavy atom. The van der Waals surface area contributed by atoms with Crippen LogP contribution in [0.3, 0.4) is 0 Å². The number of imidazole rings is 1. The molecule has 0 spiro atoms. The molecule has 0 bridgehead atoms. The van der Waals surface area contributed by atoms with Gasteiger partial charge in [0.25, 0.3) is 0 Å². The van der Waals surface area contributed by atoms with Crippen LogP contribution in [-0.2, 0) is 12.3 Å². The first kappa shape index (κ1) is 18.5. The number of hydrogen-bond donors (Lipinski definition) is 0. The molecule has 0 atom stereocenters. The van der Waals surface area contributed by atoms with Gasteiger partial charge in [0.2, 0.25) is 5.78 Å². The molecule has 28 heavy (non-hydrogen) atoms. The van der Waals surface area contributed by atoms with Crippen molar-refractivity contribution in [3.05, 3.63) is 54.6 Å². The predicted molar refractivity (Wildman–Crippen MR) is 109 cm³/mol. The number of ether oxygens (including phenoxy) is 1. The molecule has 0 N–H and O–H groups in total. The van der Waals surface area contributed by atoms with Crippen LogP contribution in [0.25, 0.3) is 17.2 Å². The molecule has 8 heteroatoms. The quantitative estimate of drug-likeness (QED) is 0.442. The number of benzene rings is 1. The second kappa shape index (κ2) is 8.02. The van der Waals surface area contributed by atoms with E-state index in [1.807, 2.05) is 47.1 Å². The highest BCUT2D eigenvalue weighted by Gasteiger charge is 2.16. The molecular weight excluding hydrogens is 372 g/mol. The van der Waals surface area contributed by atoms with Gasteiger partial charge in [0.1, 0.15) is 5.75 Å². The lowest BCUT2D eigenvalue weighted by Crippen LogP contribution is -2.08. The van der Waals surface area contributed by atoms with Crippen molar-refractivity contribution >= 4 is 17.5 Å². The number of thioether (sulfide) groups is 1. The van der Waals surface area contributed by atoms with E-state index in [1.165, 1.54) is 0 Å². The molecule has 0 saturated carbocycles. The Kier molecular flexibility index (Phi) is 5.29. The molecule has 0 aliphatic heterocycles. The first-order chi connectivity index (χ1) is 13.6. The fraction of sp³-hybridized carbons (Fsp3) is 0.300. The number of nitrogens with zero attached hydrogens (tertiary/aromatic N) is 6. The SMILES string of the molecule is COc1ccc(-c2nnc(SCc3cn4cccnc4n3)n2CC(C)C)cc1. The average molecular weight is 395 g/mol. The normalized spacial score (nSPS) is 11.4. The van der Waals surface area contributed by atoms with Crippen LogP contribution in [0.2, 0.25) is 0 Å². The Morgan fingerprint density at radius 3 is 2.68 bits per heavy atom. The van der Waals surface area contributed by atoms with Crippen LogP contribution in [0.5, 0.6) is 5.75 Å². The molecule has 3 heterocycles. The van der Waals surface area contributed by atoms with Gasteiger partial charge in [-0.3, -0.25) is 4.40 Å². The largest absolute Gasteiger partial charge is 0.497 e. The summed E-state index contributed by atoms with van der Waals surface area (Å²) in [7, 11) is 1.67. The van der Waals surface area contributed by atoms with Gasteiger partial charge in [0, 0.05) is 36.5 Å². The predicted octanol–water partition coefficient (Wildman–Crippen LogP) is 3.94. The van der Waals surface area contributed by atoms with Gasteiger partial charge in [0.15, 0.2) is 11.0 Å². The minimum atomic E-state index is 0.478. The third kappa shape index (κ3) is 3.87. The number of hydrogen-bond acceptors (Lipinski definition) is 6. The molecule has 0 radical (unpaired) electrons. The maximum atomic E-state index is 5.26. The molecule has 0 aliphatic rings. The number of rotatable bonds is 7. The van der Waals surface area contributed by atoms with Crippen molar-refractivity contribution in [2.45, 2.75) is 31.3 Å². The zero-order chi connectivity index (χ0) is 19.5. The van der Waals surface area contributed by atoms with E-state index >= 15 is 0 Å². The van der Waals surface area contributed by atoms with Crippen molar-refractivity contribution < 1.29 is 4.74 Å². The van der Waals surface area contributed by atoms with Crippen LogP contribution in [0.4, 0.5) is 0 Å². The lowest BCUT2D eigenvalue weighted by atomic mass is 10.2. The summed E-state index contributed by atoms with van der Waals surface area (Å²) >= 11 is 1.64. The van der Waals surface area contributed by atoms with Crippen molar-refractivity contribution in [2.24, 2.45) is 5.92 Å². The lowest BCUT2D eigenvalue weighted by molar-refractivity contribution is 0.415. The van der Waals surface area contributed by atoms with Gasteiger partial charge in [-0.2, -0.15) is 0 Å². The first-order valence-corrected chi connectivity index (χ1v) is 10.1. The highest BCUT2D eigenvalue weighted by atomic mass is 32.2. The second-order valence-electron chi connectivity index (χ2n) is 6.89. The van der Waals surface area contributed by atoms with E-state index in [1.54, 1.807) is 25.1 Å². The molecule has 0 unspecified atom stereocenters. The molecule has 1 aromatic carbocycles. The van der Waals surface area contributed by atoms with E-state index in [9.17, 15) is 0 Å². The van der Waals surface area contributed by atoms with Crippen LogP contribution in [0, 0.1) is 5.92 Å². The standard InChI is InChI=1S/C20H22N6OS/c1-14(2)11-26-18(15-5-7-17(27-3)8-6-15)23-24-20(26)28-13-16-12-25-10-4-9-21-19(25)22-16/h4-10,12,14H,11,13H2,1-3H3. The Hall–Kier alpha value is -2.87. The van der Waals surface area contributed by atoms with Gasteiger partial charge in [-0.05, 0) is 36.2 Å². The maximum Gasteiger partial charge on any atom is 0.233 e. The average Bonchev–Trinajstić information content (AvgIpc) is 3.29. The molecule has 0 saturated heterocycles. The van der Waals surface area contributed by atoms with E-state index in [2.05, 4.69) is 38.6 Å². The summed E-state index contributed by atoms with van der Waals surface area (Å²) in [4.78, 5) is 8.83. The first-order valence-electron chi connectivity index (χ1n) is 9.13. The molecule has 0 amide bonds. The van der Waals surface area contributed by atoms with Crippen molar-refractivity contribution in [1.82, 2.24) is 29.1 Å². The molecule has 7 nitrogen and oxygen atoms in total. The summed E-state index contributed by atoms with van der Waals surface area (Å²) in [6.45, 7) is 5.24. The molecule has 3 aromatic heterocycles. The summed E-state index contributed by atoms with van der Waals surface area (Å²) in [6, 6.07) is 9.82. The summed E-state index contributed by atoms with van der Waals surface area (Å²) in [5.41, 5.74) is 1.99. The Balaban J connectivity index is 1.59. The summed E-state index contributed by atoms with van der Waals surface area (Å²) in [5.74, 6) is 3.60. The number of aromatic nitrogens is 6. The van der Waals surface area contributed by atoms with Crippen molar-refractivity contribution in [2.75, 3.05) is 7.11 Å². The number of fused-ring (bicyclic) bond motifs is 1. The number of methoxy groups -OCH3 is 1. The maximum absolute atomic E-state index is 5.26. The zero-order valence-corrected chi connectivity index (χ0v) is 16.9. The minimum Gasteiger partial charge on any atom is -0.497 e. The summed E-state index contributed by atoms with van der Waals surface area (Å²) in [5, 5.41) is 9.81. The van der Waals surface area contributed by atoms with Crippen LogP contribution >= 0.6 is 11.8 Å². The third-order valence-electron chi connectivity index (χ3n) is 4.25. The molecule has 144 valence electrons. The second-order valence-corrected chi connectivity index (χ2v) is 7.83. The van der Waals surface area contributed by atoms with E-state index in [-0.39, 0.29) is 0 Å². The van der Waals surface area contributed by atoms with Gasteiger partial charge >= 0.3 is 0 Å². The zero-order valence-electron chi connectivity index (χ0n) is 16.1. The van der Waals surface area contributed by atoms with Crippen LogP contribution in [-0.4, -0.2) is 36.2 Å². The Morgan fingerprint density at radius 2 is 1.96 bits per heavy atom. The topological polar surface area (TPSA) is 70.1 Å². The van der Waals surface area contributed by atoms with E-state index in [4.69, 9.17) is 4.74 Å². The summed E-state index contributed by atoms with van der Waals surface area (Å²) < 4.78 is 9.37. The van der Waals surface area contributed by atoms with Crippen molar-refractivity contribution in [3.8, 4) is 17.1 Å². The van der Waals surface area contributed by atoms with Crippen molar-refractivity contribution in [3.63, 3.8) is 0 Å². The monoisotopic (exact) mass is 394 g/mol. The lowest BCUT2D eigenvalue weighted by Gasteiger charge is -2.12. The van der Waals surface area contributed by atoms with Crippen LogP contribution in [0.15, 0.2) is 54.1 Å². The Bertz CT molecular complexity index is 1040. The van der Waals surface area contributed by atoms with Gasteiger partial charge in [-0.1, -0.05) is 25.6 Å². The van der Waals surface area contributed by atoms with Gasteiger partial charge in [0.05, 0.1) is 12.8 Å². The van der Waals surface area contributed by atoms with Gasteiger partial charge in [-0.15, -0.1) is 10.2 Å². The highest BCUT2D eigenvalue weighted by molar-refractivity contribution is 7.98.